The van der Waals surface area contributed by atoms with E-state index < -0.39 is 15.9 Å². The van der Waals surface area contributed by atoms with Gasteiger partial charge in [-0.1, -0.05) is 12.8 Å². The van der Waals surface area contributed by atoms with Crippen molar-refractivity contribution >= 4 is 21.7 Å². The number of hydrogen-bond donors (Lipinski definition) is 1. The number of hydrogen-bond acceptors (Lipinski definition) is 5. The Balaban J connectivity index is 1.91. The van der Waals surface area contributed by atoms with E-state index >= 15 is 0 Å². The van der Waals surface area contributed by atoms with E-state index in [9.17, 15) is 13.2 Å². The van der Waals surface area contributed by atoms with Gasteiger partial charge in [-0.2, -0.15) is 9.40 Å². The molecule has 1 aromatic heterocycles. The largest absolute Gasteiger partial charge is 0.496 e. The van der Waals surface area contributed by atoms with E-state index in [1.165, 1.54) is 29.6 Å². The van der Waals surface area contributed by atoms with Crippen LogP contribution < -0.4 is 10.1 Å². The summed E-state index contributed by atoms with van der Waals surface area (Å²) in [4.78, 5) is 12.8. The molecule has 3 rings (SSSR count). The summed E-state index contributed by atoms with van der Waals surface area (Å²) in [5, 5.41) is 6.77. The van der Waals surface area contributed by atoms with Gasteiger partial charge in [0.2, 0.25) is 10.0 Å². The first-order valence-corrected chi connectivity index (χ1v) is 10.3. The maximum atomic E-state index is 13.0. The van der Waals surface area contributed by atoms with Crippen molar-refractivity contribution in [1.82, 2.24) is 14.1 Å². The zero-order valence-electron chi connectivity index (χ0n) is 15.5. The van der Waals surface area contributed by atoms with E-state index in [2.05, 4.69) is 10.4 Å². The van der Waals surface area contributed by atoms with Crippen LogP contribution in [-0.4, -0.2) is 48.6 Å². The fourth-order valence-electron chi connectivity index (χ4n) is 3.12. The summed E-state index contributed by atoms with van der Waals surface area (Å²) in [6.07, 6.45) is 5.47. The number of aromatic nitrogens is 2. The Bertz CT molecular complexity index is 915. The number of methoxy groups -OCH3 is 1. The van der Waals surface area contributed by atoms with Crippen LogP contribution in [-0.2, 0) is 17.1 Å². The highest BCUT2D eigenvalue weighted by atomic mass is 32.2. The Labute approximate surface area is 159 Å². The van der Waals surface area contributed by atoms with Crippen LogP contribution >= 0.6 is 0 Å². The van der Waals surface area contributed by atoms with Crippen molar-refractivity contribution in [2.75, 3.05) is 25.5 Å². The SMILES string of the molecule is COc1ccc(S(=O)(=O)N2CCCCCC2)cc1C(=O)Nc1ccn(C)n1. The van der Waals surface area contributed by atoms with Crippen LogP contribution in [0.1, 0.15) is 36.0 Å². The van der Waals surface area contributed by atoms with Gasteiger partial charge in [-0.15, -0.1) is 0 Å². The molecule has 0 unspecified atom stereocenters. The first-order chi connectivity index (χ1) is 12.9. The molecule has 146 valence electrons. The molecular weight excluding hydrogens is 368 g/mol. The van der Waals surface area contributed by atoms with Gasteiger partial charge in [0.15, 0.2) is 5.82 Å². The van der Waals surface area contributed by atoms with Crippen molar-refractivity contribution in [3.63, 3.8) is 0 Å². The normalized spacial score (nSPS) is 15.9. The van der Waals surface area contributed by atoms with Crippen LogP contribution in [0.15, 0.2) is 35.4 Å². The number of ether oxygens (including phenoxy) is 1. The Hall–Kier alpha value is -2.39. The third-order valence-corrected chi connectivity index (χ3v) is 6.47. The van der Waals surface area contributed by atoms with E-state index in [1.807, 2.05) is 0 Å². The van der Waals surface area contributed by atoms with Gasteiger partial charge < -0.3 is 10.1 Å². The minimum atomic E-state index is -3.66. The minimum Gasteiger partial charge on any atom is -0.496 e. The van der Waals surface area contributed by atoms with Gasteiger partial charge in [0, 0.05) is 32.4 Å². The van der Waals surface area contributed by atoms with Gasteiger partial charge in [0.05, 0.1) is 17.6 Å². The van der Waals surface area contributed by atoms with Crippen molar-refractivity contribution in [3.05, 3.63) is 36.0 Å². The molecule has 0 atom stereocenters. The molecule has 1 amide bonds. The summed E-state index contributed by atoms with van der Waals surface area (Å²) in [5.41, 5.74) is 0.152. The third-order valence-electron chi connectivity index (χ3n) is 4.57. The molecule has 27 heavy (non-hydrogen) atoms. The molecule has 8 nitrogen and oxygen atoms in total. The van der Waals surface area contributed by atoms with Gasteiger partial charge in [0.1, 0.15) is 5.75 Å². The number of amides is 1. The number of sulfonamides is 1. The number of nitrogens with zero attached hydrogens (tertiary/aromatic N) is 3. The topological polar surface area (TPSA) is 93.5 Å². The van der Waals surface area contributed by atoms with Crippen LogP contribution in [0.4, 0.5) is 5.82 Å². The lowest BCUT2D eigenvalue weighted by molar-refractivity contribution is 0.102. The molecule has 2 heterocycles. The molecule has 1 aliphatic heterocycles. The number of carbonyl (C=O) groups is 1. The highest BCUT2D eigenvalue weighted by molar-refractivity contribution is 7.89. The van der Waals surface area contributed by atoms with Crippen LogP contribution in [0.3, 0.4) is 0 Å². The van der Waals surface area contributed by atoms with Crippen LogP contribution in [0.25, 0.3) is 0 Å². The molecule has 1 aromatic carbocycles. The summed E-state index contributed by atoms with van der Waals surface area (Å²) in [7, 11) is -0.476. The van der Waals surface area contributed by atoms with E-state index in [4.69, 9.17) is 4.74 Å². The van der Waals surface area contributed by atoms with Gasteiger partial charge in [-0.05, 0) is 31.0 Å². The van der Waals surface area contributed by atoms with E-state index in [1.54, 1.807) is 24.0 Å². The molecule has 0 saturated carbocycles. The lowest BCUT2D eigenvalue weighted by atomic mass is 10.2. The van der Waals surface area contributed by atoms with Gasteiger partial charge in [-0.25, -0.2) is 8.42 Å². The number of aryl methyl sites for hydroxylation is 1. The molecule has 9 heteroatoms. The summed E-state index contributed by atoms with van der Waals surface area (Å²) in [5.74, 6) is 0.210. The molecule has 1 fully saturated rings. The maximum Gasteiger partial charge on any atom is 0.260 e. The summed E-state index contributed by atoms with van der Waals surface area (Å²) >= 11 is 0. The lowest BCUT2D eigenvalue weighted by Crippen LogP contribution is -2.32. The first-order valence-electron chi connectivity index (χ1n) is 8.91. The molecule has 2 aromatic rings. The summed E-state index contributed by atoms with van der Waals surface area (Å²) in [6.45, 7) is 1.01. The zero-order chi connectivity index (χ0) is 19.4. The predicted molar refractivity (Wildman–Crippen MR) is 101 cm³/mol. The van der Waals surface area contributed by atoms with E-state index in [0.717, 1.165) is 25.7 Å². The van der Waals surface area contributed by atoms with Gasteiger partial charge in [0.25, 0.3) is 5.91 Å². The van der Waals surface area contributed by atoms with Crippen LogP contribution in [0.2, 0.25) is 0 Å². The van der Waals surface area contributed by atoms with Crippen LogP contribution in [0, 0.1) is 0 Å². The van der Waals surface area contributed by atoms with Crippen molar-refractivity contribution < 1.29 is 17.9 Å². The number of benzene rings is 1. The van der Waals surface area contributed by atoms with Gasteiger partial charge in [-0.3, -0.25) is 9.48 Å². The van der Waals surface area contributed by atoms with Crippen LogP contribution in [0.5, 0.6) is 5.75 Å². The van der Waals surface area contributed by atoms with Crippen molar-refractivity contribution in [2.45, 2.75) is 30.6 Å². The second-order valence-electron chi connectivity index (χ2n) is 6.51. The molecule has 0 radical (unpaired) electrons. The number of rotatable bonds is 5. The highest BCUT2D eigenvalue weighted by Gasteiger charge is 2.27. The summed E-state index contributed by atoms with van der Waals surface area (Å²) < 4.78 is 34.3. The molecular formula is C18H24N4O4S. The quantitative estimate of drug-likeness (QED) is 0.842. The maximum absolute atomic E-state index is 13.0. The second kappa shape index (κ2) is 8.10. The first kappa shape index (κ1) is 19.4. The molecule has 1 N–H and O–H groups in total. The standard InChI is InChI=1S/C18H24N4O4S/c1-21-12-9-17(20-21)19-18(23)15-13-14(7-8-16(15)26-2)27(24,25)22-10-5-3-4-6-11-22/h7-9,12-13H,3-6,10-11H2,1-2H3,(H,19,20,23). The number of carbonyl (C=O) groups excluding carboxylic acids is 1. The Morgan fingerprint density at radius 2 is 1.85 bits per heavy atom. The van der Waals surface area contributed by atoms with Crippen molar-refractivity contribution in [2.24, 2.45) is 7.05 Å². The fraction of sp³-hybridized carbons (Fsp3) is 0.444. The Morgan fingerprint density at radius 3 is 2.44 bits per heavy atom. The lowest BCUT2D eigenvalue weighted by Gasteiger charge is -2.20. The Morgan fingerprint density at radius 1 is 1.15 bits per heavy atom. The fourth-order valence-corrected chi connectivity index (χ4v) is 4.67. The highest BCUT2D eigenvalue weighted by Crippen LogP contribution is 2.26. The molecule has 1 saturated heterocycles. The smallest absolute Gasteiger partial charge is 0.260 e. The average Bonchev–Trinajstić information content (AvgIpc) is 2.89. The van der Waals surface area contributed by atoms with Crippen molar-refractivity contribution in [3.8, 4) is 5.75 Å². The number of anilines is 1. The molecule has 1 aliphatic rings. The number of nitrogens with one attached hydrogen (secondary N) is 1. The van der Waals surface area contributed by atoms with Crippen molar-refractivity contribution in [1.29, 1.82) is 0 Å². The third kappa shape index (κ3) is 4.30. The second-order valence-corrected chi connectivity index (χ2v) is 8.45. The van der Waals surface area contributed by atoms with E-state index in [-0.39, 0.29) is 10.5 Å². The summed E-state index contributed by atoms with van der Waals surface area (Å²) in [6, 6.07) is 6.02. The monoisotopic (exact) mass is 392 g/mol. The minimum absolute atomic E-state index is 0.0939. The molecule has 0 aliphatic carbocycles. The average molecular weight is 392 g/mol. The molecule has 0 bridgehead atoms. The Kier molecular flexibility index (Phi) is 5.81. The van der Waals surface area contributed by atoms with Gasteiger partial charge >= 0.3 is 0 Å². The van der Waals surface area contributed by atoms with E-state index in [0.29, 0.717) is 24.7 Å². The predicted octanol–water partition coefficient (Wildman–Crippen LogP) is 2.25. The molecule has 0 spiro atoms. The zero-order valence-corrected chi connectivity index (χ0v) is 16.3.